The van der Waals surface area contributed by atoms with Crippen LogP contribution in [-0.2, 0) is 6.54 Å². The van der Waals surface area contributed by atoms with Crippen LogP contribution in [0.25, 0.3) is 0 Å². The van der Waals surface area contributed by atoms with Gasteiger partial charge in [-0.05, 0) is 73.0 Å². The zero-order chi connectivity index (χ0) is 25.8. The molecule has 192 valence electrons. The zero-order valence-electron chi connectivity index (χ0n) is 20.8. The molecule has 5 rings (SSSR count). The van der Waals surface area contributed by atoms with E-state index in [-0.39, 0.29) is 30.7 Å². The molecule has 0 radical (unpaired) electrons. The van der Waals surface area contributed by atoms with Gasteiger partial charge < -0.3 is 30.2 Å². The molecule has 1 saturated carbocycles. The number of methoxy groups -OCH3 is 1. The van der Waals surface area contributed by atoms with Crippen molar-refractivity contribution in [3.8, 4) is 17.2 Å². The van der Waals surface area contributed by atoms with E-state index in [2.05, 4.69) is 5.32 Å². The maximum Gasteiger partial charge on any atom is 0.255 e. The van der Waals surface area contributed by atoms with E-state index in [1.165, 1.54) is 0 Å². The van der Waals surface area contributed by atoms with Crippen molar-refractivity contribution in [3.05, 3.63) is 83.4 Å². The van der Waals surface area contributed by atoms with E-state index in [1.54, 1.807) is 49.6 Å². The Morgan fingerprint density at radius 1 is 0.973 bits per heavy atom. The Kier molecular flexibility index (Phi) is 7.28. The van der Waals surface area contributed by atoms with Gasteiger partial charge in [-0.25, -0.2) is 0 Å². The first-order valence-electron chi connectivity index (χ1n) is 12.5. The smallest absolute Gasteiger partial charge is 0.255 e. The molecule has 2 amide bonds. The molecular weight excluding hydrogens is 470 g/mol. The number of anilines is 1. The SMILES string of the molecule is COc1ccc(C(=O)N(Cc2cccc(NC(=O)c3ccc4c(c3)OCO4)c2)C2CCCCC2N)cc1. The van der Waals surface area contributed by atoms with Crippen LogP contribution >= 0.6 is 0 Å². The Morgan fingerprint density at radius 3 is 2.51 bits per heavy atom. The Balaban J connectivity index is 1.35. The molecule has 3 N–H and O–H groups in total. The third kappa shape index (κ3) is 5.54. The first kappa shape index (κ1) is 24.6. The summed E-state index contributed by atoms with van der Waals surface area (Å²) in [6.45, 7) is 0.538. The summed E-state index contributed by atoms with van der Waals surface area (Å²) in [5.41, 5.74) is 9.11. The van der Waals surface area contributed by atoms with Crippen LogP contribution in [0.1, 0.15) is 52.0 Å². The average Bonchev–Trinajstić information content (AvgIpc) is 3.40. The van der Waals surface area contributed by atoms with E-state index in [1.807, 2.05) is 29.2 Å². The van der Waals surface area contributed by atoms with E-state index < -0.39 is 0 Å². The van der Waals surface area contributed by atoms with Crippen LogP contribution in [-0.4, -0.2) is 42.7 Å². The monoisotopic (exact) mass is 501 g/mol. The minimum absolute atomic E-state index is 0.0600. The Morgan fingerprint density at radius 2 is 1.73 bits per heavy atom. The second-order valence-electron chi connectivity index (χ2n) is 9.40. The first-order valence-corrected chi connectivity index (χ1v) is 12.5. The van der Waals surface area contributed by atoms with Crippen molar-refractivity contribution < 1.29 is 23.8 Å². The van der Waals surface area contributed by atoms with E-state index >= 15 is 0 Å². The molecule has 0 aromatic heterocycles. The molecule has 1 heterocycles. The Bertz CT molecular complexity index is 1280. The van der Waals surface area contributed by atoms with Gasteiger partial charge in [-0.1, -0.05) is 25.0 Å². The molecule has 1 fully saturated rings. The number of carbonyl (C=O) groups excluding carboxylic acids is 2. The van der Waals surface area contributed by atoms with Crippen molar-refractivity contribution in [2.75, 3.05) is 19.2 Å². The number of amides is 2. The third-order valence-corrected chi connectivity index (χ3v) is 6.95. The summed E-state index contributed by atoms with van der Waals surface area (Å²) in [7, 11) is 1.60. The van der Waals surface area contributed by atoms with Crippen LogP contribution in [0.5, 0.6) is 17.2 Å². The van der Waals surface area contributed by atoms with E-state index in [4.69, 9.17) is 19.9 Å². The summed E-state index contributed by atoms with van der Waals surface area (Å²) >= 11 is 0. The highest BCUT2D eigenvalue weighted by molar-refractivity contribution is 6.04. The molecule has 1 aliphatic heterocycles. The number of hydrogen-bond acceptors (Lipinski definition) is 6. The van der Waals surface area contributed by atoms with Crippen LogP contribution in [0.2, 0.25) is 0 Å². The average molecular weight is 502 g/mol. The van der Waals surface area contributed by atoms with Crippen LogP contribution in [0, 0.1) is 0 Å². The number of carbonyl (C=O) groups is 2. The van der Waals surface area contributed by atoms with E-state index in [0.717, 1.165) is 31.2 Å². The van der Waals surface area contributed by atoms with Crippen molar-refractivity contribution in [1.82, 2.24) is 4.90 Å². The van der Waals surface area contributed by atoms with Gasteiger partial charge in [-0.3, -0.25) is 9.59 Å². The standard InChI is InChI=1S/C29H31N3O5/c1-35-23-12-9-20(10-13-23)29(34)32(25-8-3-2-7-24(25)30)17-19-5-4-6-22(15-19)31-28(33)21-11-14-26-27(16-21)37-18-36-26/h4-6,9-16,24-25H,2-3,7-8,17-18,30H2,1H3,(H,31,33). The second kappa shape index (κ2) is 10.9. The van der Waals surface area contributed by atoms with Crippen LogP contribution in [0.3, 0.4) is 0 Å². The molecule has 8 heteroatoms. The predicted molar refractivity (Wildman–Crippen MR) is 140 cm³/mol. The molecule has 2 atom stereocenters. The lowest BCUT2D eigenvalue weighted by molar-refractivity contribution is 0.0583. The highest BCUT2D eigenvalue weighted by atomic mass is 16.7. The van der Waals surface area contributed by atoms with Gasteiger partial charge in [0.25, 0.3) is 11.8 Å². The lowest BCUT2D eigenvalue weighted by Gasteiger charge is -2.38. The number of benzene rings is 3. The molecule has 1 aliphatic carbocycles. The lowest BCUT2D eigenvalue weighted by Crippen LogP contribution is -2.51. The molecule has 0 bridgehead atoms. The minimum atomic E-state index is -0.254. The summed E-state index contributed by atoms with van der Waals surface area (Å²) in [6, 6.07) is 19.7. The normalized spacial score (nSPS) is 18.2. The topological polar surface area (TPSA) is 103 Å². The summed E-state index contributed by atoms with van der Waals surface area (Å²) in [4.78, 5) is 28.4. The fourth-order valence-corrected chi connectivity index (χ4v) is 4.95. The van der Waals surface area contributed by atoms with Crippen LogP contribution < -0.4 is 25.3 Å². The largest absolute Gasteiger partial charge is 0.497 e. The predicted octanol–water partition coefficient (Wildman–Crippen LogP) is 4.59. The number of nitrogens with zero attached hydrogens (tertiary/aromatic N) is 1. The van der Waals surface area contributed by atoms with Gasteiger partial charge in [0.2, 0.25) is 6.79 Å². The van der Waals surface area contributed by atoms with Gasteiger partial charge >= 0.3 is 0 Å². The fraction of sp³-hybridized carbons (Fsp3) is 0.310. The van der Waals surface area contributed by atoms with Gasteiger partial charge in [0.1, 0.15) is 5.75 Å². The summed E-state index contributed by atoms with van der Waals surface area (Å²) in [5.74, 6) is 1.55. The van der Waals surface area contributed by atoms with Crippen molar-refractivity contribution in [2.45, 2.75) is 44.3 Å². The lowest BCUT2D eigenvalue weighted by atomic mass is 9.89. The third-order valence-electron chi connectivity index (χ3n) is 6.95. The molecular formula is C29H31N3O5. The first-order chi connectivity index (χ1) is 18.0. The minimum Gasteiger partial charge on any atom is -0.497 e. The van der Waals surface area contributed by atoms with Gasteiger partial charge in [0.15, 0.2) is 11.5 Å². The Labute approximate surface area is 216 Å². The number of rotatable bonds is 7. The molecule has 8 nitrogen and oxygen atoms in total. The zero-order valence-corrected chi connectivity index (χ0v) is 20.8. The summed E-state index contributed by atoms with van der Waals surface area (Å²) in [6.07, 6.45) is 3.87. The van der Waals surface area contributed by atoms with Crippen LogP contribution in [0.15, 0.2) is 66.7 Å². The number of nitrogens with one attached hydrogen (secondary N) is 1. The molecule has 37 heavy (non-hydrogen) atoms. The van der Waals surface area contributed by atoms with Crippen molar-refractivity contribution in [2.24, 2.45) is 5.73 Å². The summed E-state index contributed by atoms with van der Waals surface area (Å²) in [5, 5.41) is 2.95. The highest BCUT2D eigenvalue weighted by Crippen LogP contribution is 2.33. The maximum atomic E-state index is 13.7. The second-order valence-corrected chi connectivity index (χ2v) is 9.40. The molecule has 0 spiro atoms. The number of nitrogens with two attached hydrogens (primary N) is 1. The van der Waals surface area contributed by atoms with Crippen molar-refractivity contribution in [1.29, 1.82) is 0 Å². The van der Waals surface area contributed by atoms with Crippen molar-refractivity contribution in [3.63, 3.8) is 0 Å². The molecule has 3 aromatic rings. The van der Waals surface area contributed by atoms with Gasteiger partial charge in [0, 0.05) is 35.4 Å². The molecule has 2 unspecified atom stereocenters. The summed E-state index contributed by atoms with van der Waals surface area (Å²) < 4.78 is 16.0. The highest BCUT2D eigenvalue weighted by Gasteiger charge is 2.31. The van der Waals surface area contributed by atoms with E-state index in [0.29, 0.717) is 40.6 Å². The van der Waals surface area contributed by atoms with Gasteiger partial charge in [-0.15, -0.1) is 0 Å². The molecule has 2 aliphatic rings. The quantitative estimate of drug-likeness (QED) is 0.491. The number of ether oxygens (including phenoxy) is 3. The molecule has 0 saturated heterocycles. The van der Waals surface area contributed by atoms with Gasteiger partial charge in [0.05, 0.1) is 7.11 Å². The van der Waals surface area contributed by atoms with Crippen LogP contribution in [0.4, 0.5) is 5.69 Å². The molecule has 3 aromatic carbocycles. The Hall–Kier alpha value is -4.04. The van der Waals surface area contributed by atoms with E-state index in [9.17, 15) is 9.59 Å². The maximum absolute atomic E-state index is 13.7. The fourth-order valence-electron chi connectivity index (χ4n) is 4.95. The number of hydrogen-bond donors (Lipinski definition) is 2. The van der Waals surface area contributed by atoms with Crippen molar-refractivity contribution >= 4 is 17.5 Å². The number of fused-ring (bicyclic) bond motifs is 1. The van der Waals surface area contributed by atoms with Gasteiger partial charge in [-0.2, -0.15) is 0 Å².